The summed E-state index contributed by atoms with van der Waals surface area (Å²) in [4.78, 5) is 35.4. The van der Waals surface area contributed by atoms with Gasteiger partial charge in [-0.2, -0.15) is 4.98 Å². The number of aryl methyl sites for hydroxylation is 1. The molecule has 2 unspecified atom stereocenters. The maximum atomic E-state index is 12.4. The number of piperidine rings is 1. The van der Waals surface area contributed by atoms with Crippen LogP contribution in [-0.2, 0) is 4.79 Å². The topological polar surface area (TPSA) is 98.7 Å². The summed E-state index contributed by atoms with van der Waals surface area (Å²) in [5, 5.41) is 11.9. The zero-order chi connectivity index (χ0) is 17.1. The first kappa shape index (κ1) is 17.0. The molecule has 2 heterocycles. The second-order valence-corrected chi connectivity index (χ2v) is 6.30. The first-order chi connectivity index (χ1) is 10.8. The normalized spacial score (nSPS) is 21.0. The van der Waals surface area contributed by atoms with Crippen LogP contribution < -0.4 is 10.2 Å². The van der Waals surface area contributed by atoms with Gasteiger partial charge in [0.05, 0.1) is 5.92 Å². The number of carbonyl (C=O) groups is 2. The van der Waals surface area contributed by atoms with Crippen molar-refractivity contribution in [1.82, 2.24) is 14.9 Å². The standard InChI is InChI=1S/C15H23N5O3/c1-9-5-11(13(21)22)8-20(7-9)15(23)18-14-16-10(2)6-12(17-14)19(3)4/h6,9,11H,5,7-8H2,1-4H3,(H,21,22)(H,16,17,18,23). The Kier molecular flexibility index (Phi) is 5.02. The average Bonchev–Trinajstić information content (AvgIpc) is 2.45. The van der Waals surface area contributed by atoms with Crippen LogP contribution in [-0.4, -0.2) is 59.2 Å². The van der Waals surface area contributed by atoms with E-state index in [2.05, 4.69) is 15.3 Å². The Hall–Kier alpha value is -2.38. The van der Waals surface area contributed by atoms with Crippen LogP contribution in [0.1, 0.15) is 19.0 Å². The van der Waals surface area contributed by atoms with Crippen LogP contribution in [0.15, 0.2) is 6.07 Å². The van der Waals surface area contributed by atoms with Gasteiger partial charge < -0.3 is 14.9 Å². The number of anilines is 2. The highest BCUT2D eigenvalue weighted by Gasteiger charge is 2.32. The van der Waals surface area contributed by atoms with Crippen LogP contribution in [0.5, 0.6) is 0 Å². The molecule has 1 aromatic heterocycles. The molecule has 8 nitrogen and oxygen atoms in total. The van der Waals surface area contributed by atoms with Crippen molar-refractivity contribution >= 4 is 23.8 Å². The van der Waals surface area contributed by atoms with Crippen molar-refractivity contribution in [2.75, 3.05) is 37.4 Å². The molecule has 2 rings (SSSR count). The van der Waals surface area contributed by atoms with E-state index < -0.39 is 11.9 Å². The summed E-state index contributed by atoms with van der Waals surface area (Å²) in [5.41, 5.74) is 0.745. The minimum Gasteiger partial charge on any atom is -0.481 e. The molecule has 0 saturated carbocycles. The maximum absolute atomic E-state index is 12.4. The molecule has 1 aromatic rings. The first-order valence-corrected chi connectivity index (χ1v) is 7.58. The summed E-state index contributed by atoms with van der Waals surface area (Å²) in [6.07, 6.45) is 0.588. The molecular formula is C15H23N5O3. The van der Waals surface area contributed by atoms with E-state index in [0.29, 0.717) is 18.8 Å². The number of urea groups is 1. The number of nitrogens with zero attached hydrogens (tertiary/aromatic N) is 4. The fourth-order valence-corrected chi connectivity index (χ4v) is 2.71. The quantitative estimate of drug-likeness (QED) is 0.874. The van der Waals surface area contributed by atoms with Gasteiger partial charge in [-0.25, -0.2) is 9.78 Å². The van der Waals surface area contributed by atoms with Crippen molar-refractivity contribution in [3.8, 4) is 0 Å². The van der Waals surface area contributed by atoms with Crippen molar-refractivity contribution in [1.29, 1.82) is 0 Å². The maximum Gasteiger partial charge on any atom is 0.324 e. The minimum absolute atomic E-state index is 0.145. The summed E-state index contributed by atoms with van der Waals surface area (Å²) in [5.74, 6) is -0.324. The van der Waals surface area contributed by atoms with Gasteiger partial charge in [0.25, 0.3) is 0 Å². The monoisotopic (exact) mass is 321 g/mol. The predicted octanol–water partition coefficient (Wildman–Crippen LogP) is 1.43. The van der Waals surface area contributed by atoms with Crippen LogP contribution in [0, 0.1) is 18.8 Å². The van der Waals surface area contributed by atoms with Crippen LogP contribution in [0.4, 0.5) is 16.6 Å². The molecule has 1 fully saturated rings. The summed E-state index contributed by atoms with van der Waals surface area (Å²) >= 11 is 0. The molecule has 126 valence electrons. The van der Waals surface area contributed by atoms with Gasteiger partial charge in [-0.05, 0) is 19.3 Å². The van der Waals surface area contributed by atoms with Crippen LogP contribution in [0.2, 0.25) is 0 Å². The lowest BCUT2D eigenvalue weighted by Crippen LogP contribution is -2.47. The number of likely N-dealkylation sites (tertiary alicyclic amines) is 1. The van der Waals surface area contributed by atoms with E-state index in [1.807, 2.05) is 38.9 Å². The number of carbonyl (C=O) groups excluding carboxylic acids is 1. The molecule has 0 aliphatic carbocycles. The Morgan fingerprint density at radius 1 is 1.35 bits per heavy atom. The van der Waals surface area contributed by atoms with Gasteiger partial charge in [0.15, 0.2) is 0 Å². The van der Waals surface area contributed by atoms with Crippen LogP contribution in [0.3, 0.4) is 0 Å². The Labute approximate surface area is 135 Å². The Morgan fingerprint density at radius 3 is 2.65 bits per heavy atom. The van der Waals surface area contributed by atoms with Gasteiger partial charge in [-0.3, -0.25) is 10.1 Å². The number of aromatic nitrogens is 2. The van der Waals surface area contributed by atoms with E-state index in [4.69, 9.17) is 0 Å². The lowest BCUT2D eigenvalue weighted by molar-refractivity contribution is -0.143. The Bertz CT molecular complexity index is 605. The van der Waals surface area contributed by atoms with E-state index in [0.717, 1.165) is 5.69 Å². The third kappa shape index (κ3) is 4.30. The highest BCUT2D eigenvalue weighted by atomic mass is 16.4. The zero-order valence-electron chi connectivity index (χ0n) is 13.9. The number of hydrogen-bond donors (Lipinski definition) is 2. The number of carboxylic acids is 1. The zero-order valence-corrected chi connectivity index (χ0v) is 13.9. The van der Waals surface area contributed by atoms with Gasteiger partial charge >= 0.3 is 12.0 Å². The fourth-order valence-electron chi connectivity index (χ4n) is 2.71. The number of rotatable bonds is 3. The highest BCUT2D eigenvalue weighted by molar-refractivity contribution is 5.88. The SMILES string of the molecule is Cc1cc(N(C)C)nc(NC(=O)N2CC(C)CC(C(=O)O)C2)n1. The fraction of sp³-hybridized carbons (Fsp3) is 0.600. The second-order valence-electron chi connectivity index (χ2n) is 6.30. The van der Waals surface area contributed by atoms with E-state index in [1.165, 1.54) is 4.90 Å². The second kappa shape index (κ2) is 6.80. The molecule has 0 spiro atoms. The van der Waals surface area contributed by atoms with Gasteiger partial charge in [-0.1, -0.05) is 6.92 Å². The number of carboxylic acid groups (broad SMARTS) is 1. The van der Waals surface area contributed by atoms with E-state index in [9.17, 15) is 14.7 Å². The number of amides is 2. The summed E-state index contributed by atoms with van der Waals surface area (Å²) in [6, 6.07) is 1.46. The Morgan fingerprint density at radius 2 is 2.04 bits per heavy atom. The van der Waals surface area contributed by atoms with Crippen molar-refractivity contribution in [2.45, 2.75) is 20.3 Å². The third-order valence-corrected chi connectivity index (χ3v) is 3.81. The Balaban J connectivity index is 2.10. The van der Waals surface area contributed by atoms with Crippen molar-refractivity contribution < 1.29 is 14.7 Å². The van der Waals surface area contributed by atoms with Gasteiger partial charge in [0, 0.05) is 38.9 Å². The molecule has 2 N–H and O–H groups in total. The molecule has 1 saturated heterocycles. The summed E-state index contributed by atoms with van der Waals surface area (Å²) < 4.78 is 0. The molecule has 1 aliphatic rings. The molecule has 0 radical (unpaired) electrons. The summed E-state index contributed by atoms with van der Waals surface area (Å²) in [6.45, 7) is 4.51. The lowest BCUT2D eigenvalue weighted by Gasteiger charge is -2.34. The largest absolute Gasteiger partial charge is 0.481 e. The third-order valence-electron chi connectivity index (χ3n) is 3.81. The molecule has 23 heavy (non-hydrogen) atoms. The van der Waals surface area contributed by atoms with Crippen LogP contribution >= 0.6 is 0 Å². The average molecular weight is 321 g/mol. The number of nitrogens with one attached hydrogen (secondary N) is 1. The van der Waals surface area contributed by atoms with E-state index >= 15 is 0 Å². The van der Waals surface area contributed by atoms with Gasteiger partial charge in [0.2, 0.25) is 5.95 Å². The molecule has 2 atom stereocenters. The van der Waals surface area contributed by atoms with Gasteiger partial charge in [-0.15, -0.1) is 0 Å². The minimum atomic E-state index is -0.865. The van der Waals surface area contributed by atoms with Crippen LogP contribution in [0.25, 0.3) is 0 Å². The van der Waals surface area contributed by atoms with Crippen molar-refractivity contribution in [3.63, 3.8) is 0 Å². The smallest absolute Gasteiger partial charge is 0.324 e. The molecule has 0 aromatic carbocycles. The molecule has 0 bridgehead atoms. The first-order valence-electron chi connectivity index (χ1n) is 7.58. The predicted molar refractivity (Wildman–Crippen MR) is 86.6 cm³/mol. The number of hydrogen-bond acceptors (Lipinski definition) is 5. The van der Waals surface area contributed by atoms with E-state index in [-0.39, 0.29) is 24.4 Å². The van der Waals surface area contributed by atoms with Gasteiger partial charge in [0.1, 0.15) is 5.82 Å². The highest BCUT2D eigenvalue weighted by Crippen LogP contribution is 2.22. The molecule has 8 heteroatoms. The van der Waals surface area contributed by atoms with Crippen molar-refractivity contribution in [3.05, 3.63) is 11.8 Å². The van der Waals surface area contributed by atoms with E-state index in [1.54, 1.807) is 0 Å². The number of aliphatic carboxylic acids is 1. The molecule has 1 aliphatic heterocycles. The molecule has 2 amide bonds. The lowest BCUT2D eigenvalue weighted by atomic mass is 9.91. The van der Waals surface area contributed by atoms with Crippen molar-refractivity contribution in [2.24, 2.45) is 11.8 Å². The molecular weight excluding hydrogens is 298 g/mol. The summed E-state index contributed by atoms with van der Waals surface area (Å²) in [7, 11) is 3.72.